The van der Waals surface area contributed by atoms with Crippen molar-refractivity contribution in [1.29, 1.82) is 0 Å². The van der Waals surface area contributed by atoms with E-state index in [1.165, 1.54) is 6.92 Å². The lowest BCUT2D eigenvalue weighted by Crippen LogP contribution is -2.45. The molecule has 0 aliphatic carbocycles. The number of para-hydroxylation sites is 1. The number of carbonyl (C=O) groups is 2. The zero-order valence-electron chi connectivity index (χ0n) is 15.4. The van der Waals surface area contributed by atoms with Gasteiger partial charge in [0.05, 0.1) is 19.1 Å². The monoisotopic (exact) mass is 347 g/mol. The van der Waals surface area contributed by atoms with Gasteiger partial charge < -0.3 is 20.3 Å². The average molecular weight is 347 g/mol. The minimum Gasteiger partial charge on any atom is -0.494 e. The van der Waals surface area contributed by atoms with E-state index in [0.717, 1.165) is 31.5 Å². The van der Waals surface area contributed by atoms with E-state index in [-0.39, 0.29) is 24.3 Å². The zero-order chi connectivity index (χ0) is 18.2. The van der Waals surface area contributed by atoms with Gasteiger partial charge in [-0.1, -0.05) is 18.2 Å². The second-order valence-corrected chi connectivity index (χ2v) is 6.37. The first-order valence-electron chi connectivity index (χ1n) is 8.99. The number of nitrogens with zero attached hydrogens (tertiary/aromatic N) is 1. The number of benzene rings is 1. The SMILES string of the molecule is CCOc1ccccc1C(CC(=O)N1CCC(NC)CC1)NC(C)=O. The number of amides is 2. The van der Waals surface area contributed by atoms with Gasteiger partial charge in [-0.05, 0) is 32.9 Å². The van der Waals surface area contributed by atoms with Crippen LogP contribution in [0, 0.1) is 0 Å². The van der Waals surface area contributed by atoms with Crippen LogP contribution in [0.15, 0.2) is 24.3 Å². The van der Waals surface area contributed by atoms with E-state index in [0.29, 0.717) is 18.4 Å². The van der Waals surface area contributed by atoms with Crippen molar-refractivity contribution in [2.24, 2.45) is 0 Å². The van der Waals surface area contributed by atoms with E-state index in [4.69, 9.17) is 4.74 Å². The van der Waals surface area contributed by atoms with Crippen molar-refractivity contribution in [1.82, 2.24) is 15.5 Å². The average Bonchev–Trinajstić information content (AvgIpc) is 2.61. The minimum absolute atomic E-state index is 0.0691. The van der Waals surface area contributed by atoms with Crippen molar-refractivity contribution in [2.75, 3.05) is 26.7 Å². The molecule has 2 N–H and O–H groups in total. The second-order valence-electron chi connectivity index (χ2n) is 6.37. The lowest BCUT2D eigenvalue weighted by molar-refractivity contribution is -0.133. The summed E-state index contributed by atoms with van der Waals surface area (Å²) in [5.41, 5.74) is 0.845. The van der Waals surface area contributed by atoms with Crippen molar-refractivity contribution < 1.29 is 14.3 Å². The molecule has 2 rings (SSSR count). The van der Waals surface area contributed by atoms with Crippen LogP contribution < -0.4 is 15.4 Å². The Balaban J connectivity index is 2.10. The lowest BCUT2D eigenvalue weighted by atomic mass is 10.00. The van der Waals surface area contributed by atoms with Crippen LogP contribution in [0.4, 0.5) is 0 Å². The Bertz CT molecular complexity index is 583. The molecule has 1 aliphatic heterocycles. The normalized spacial score (nSPS) is 16.4. The number of rotatable bonds is 7. The van der Waals surface area contributed by atoms with Gasteiger partial charge in [-0.25, -0.2) is 0 Å². The highest BCUT2D eigenvalue weighted by molar-refractivity contribution is 5.79. The largest absolute Gasteiger partial charge is 0.494 e. The summed E-state index contributed by atoms with van der Waals surface area (Å²) in [6.45, 7) is 5.43. The first-order valence-corrected chi connectivity index (χ1v) is 8.99. The van der Waals surface area contributed by atoms with E-state index >= 15 is 0 Å². The van der Waals surface area contributed by atoms with Gasteiger partial charge in [0.15, 0.2) is 0 Å². The summed E-state index contributed by atoms with van der Waals surface area (Å²) in [6, 6.07) is 7.67. The molecule has 1 aliphatic rings. The molecule has 6 nitrogen and oxygen atoms in total. The number of hydrogen-bond donors (Lipinski definition) is 2. The Morgan fingerprint density at radius 3 is 2.56 bits per heavy atom. The maximum Gasteiger partial charge on any atom is 0.224 e. The Kier molecular flexibility index (Phi) is 7.25. The number of likely N-dealkylation sites (tertiary alicyclic amines) is 1. The number of carbonyl (C=O) groups excluding carboxylic acids is 2. The van der Waals surface area contributed by atoms with Crippen LogP contribution in [-0.2, 0) is 9.59 Å². The summed E-state index contributed by atoms with van der Waals surface area (Å²) >= 11 is 0. The molecular weight excluding hydrogens is 318 g/mol. The molecule has 0 saturated carbocycles. The molecule has 1 aromatic rings. The second kappa shape index (κ2) is 9.42. The number of piperidine rings is 1. The fourth-order valence-electron chi connectivity index (χ4n) is 3.26. The van der Waals surface area contributed by atoms with Gasteiger partial charge >= 0.3 is 0 Å². The molecule has 0 radical (unpaired) electrons. The van der Waals surface area contributed by atoms with E-state index in [9.17, 15) is 9.59 Å². The van der Waals surface area contributed by atoms with Crippen LogP contribution in [0.2, 0.25) is 0 Å². The highest BCUT2D eigenvalue weighted by atomic mass is 16.5. The van der Waals surface area contributed by atoms with E-state index in [2.05, 4.69) is 10.6 Å². The Labute approximate surface area is 149 Å². The van der Waals surface area contributed by atoms with Crippen molar-refractivity contribution in [3.8, 4) is 5.75 Å². The third-order valence-electron chi connectivity index (χ3n) is 4.61. The quantitative estimate of drug-likeness (QED) is 0.790. The summed E-state index contributed by atoms with van der Waals surface area (Å²) < 4.78 is 5.67. The topological polar surface area (TPSA) is 70.7 Å². The molecule has 1 aromatic carbocycles. The van der Waals surface area contributed by atoms with Gasteiger partial charge in [0.2, 0.25) is 11.8 Å². The van der Waals surface area contributed by atoms with E-state index in [1.54, 1.807) is 0 Å². The zero-order valence-corrected chi connectivity index (χ0v) is 15.4. The molecule has 1 fully saturated rings. The molecule has 1 heterocycles. The standard InChI is InChI=1S/C19H29N3O3/c1-4-25-18-8-6-5-7-16(18)17(21-14(2)23)13-19(24)22-11-9-15(20-3)10-12-22/h5-8,15,17,20H,4,9-13H2,1-3H3,(H,21,23). The third-order valence-corrected chi connectivity index (χ3v) is 4.61. The maximum atomic E-state index is 12.7. The Morgan fingerprint density at radius 1 is 1.28 bits per heavy atom. The van der Waals surface area contributed by atoms with Crippen LogP contribution in [0.1, 0.15) is 44.7 Å². The lowest BCUT2D eigenvalue weighted by Gasteiger charge is -2.33. The van der Waals surface area contributed by atoms with Crippen LogP contribution in [0.25, 0.3) is 0 Å². The number of ether oxygens (including phenoxy) is 1. The van der Waals surface area contributed by atoms with Gasteiger partial charge in [-0.15, -0.1) is 0 Å². The highest BCUT2D eigenvalue weighted by Gasteiger charge is 2.26. The molecule has 138 valence electrons. The van der Waals surface area contributed by atoms with Gasteiger partial charge in [0.1, 0.15) is 5.75 Å². The number of nitrogens with one attached hydrogen (secondary N) is 2. The third kappa shape index (κ3) is 5.46. The Morgan fingerprint density at radius 2 is 1.96 bits per heavy atom. The summed E-state index contributed by atoms with van der Waals surface area (Å²) in [7, 11) is 1.96. The Hall–Kier alpha value is -2.08. The molecule has 6 heteroatoms. The molecule has 2 amide bonds. The predicted molar refractivity (Wildman–Crippen MR) is 97.4 cm³/mol. The first-order chi connectivity index (χ1) is 12.0. The van der Waals surface area contributed by atoms with Gasteiger partial charge in [-0.2, -0.15) is 0 Å². The summed E-state index contributed by atoms with van der Waals surface area (Å²) in [4.78, 5) is 26.3. The maximum absolute atomic E-state index is 12.7. The molecule has 0 bridgehead atoms. The van der Waals surface area contributed by atoms with Gasteiger partial charge in [0, 0.05) is 31.6 Å². The van der Waals surface area contributed by atoms with E-state index < -0.39 is 0 Å². The molecule has 0 spiro atoms. The predicted octanol–water partition coefficient (Wildman–Crippen LogP) is 1.86. The van der Waals surface area contributed by atoms with Crippen molar-refractivity contribution in [3.63, 3.8) is 0 Å². The van der Waals surface area contributed by atoms with Crippen LogP contribution >= 0.6 is 0 Å². The van der Waals surface area contributed by atoms with E-state index in [1.807, 2.05) is 43.1 Å². The highest BCUT2D eigenvalue weighted by Crippen LogP contribution is 2.28. The molecule has 1 saturated heterocycles. The molecule has 0 aromatic heterocycles. The van der Waals surface area contributed by atoms with Crippen molar-refractivity contribution >= 4 is 11.8 Å². The number of hydrogen-bond acceptors (Lipinski definition) is 4. The van der Waals surface area contributed by atoms with Crippen LogP contribution in [-0.4, -0.2) is 49.5 Å². The smallest absolute Gasteiger partial charge is 0.224 e. The van der Waals surface area contributed by atoms with Crippen molar-refractivity contribution in [3.05, 3.63) is 29.8 Å². The molecular formula is C19H29N3O3. The van der Waals surface area contributed by atoms with Gasteiger partial charge in [-0.3, -0.25) is 9.59 Å². The molecule has 1 atom stereocenters. The summed E-state index contributed by atoms with van der Waals surface area (Å²) in [6.07, 6.45) is 2.17. The van der Waals surface area contributed by atoms with Crippen LogP contribution in [0.5, 0.6) is 5.75 Å². The first kappa shape index (κ1) is 19.2. The van der Waals surface area contributed by atoms with Crippen LogP contribution in [0.3, 0.4) is 0 Å². The fourth-order valence-corrected chi connectivity index (χ4v) is 3.26. The summed E-state index contributed by atoms with van der Waals surface area (Å²) in [5.74, 6) is 0.628. The minimum atomic E-state index is -0.380. The fraction of sp³-hybridized carbons (Fsp3) is 0.579. The van der Waals surface area contributed by atoms with Crippen molar-refractivity contribution in [2.45, 2.75) is 45.2 Å². The molecule has 25 heavy (non-hydrogen) atoms. The van der Waals surface area contributed by atoms with Gasteiger partial charge in [0.25, 0.3) is 0 Å². The molecule has 1 unspecified atom stereocenters. The summed E-state index contributed by atoms with van der Waals surface area (Å²) in [5, 5.41) is 6.17.